The Morgan fingerprint density at radius 2 is 2.07 bits per heavy atom. The van der Waals surface area contributed by atoms with E-state index in [1.165, 1.54) is 0 Å². The molecule has 7 nitrogen and oxygen atoms in total. The Morgan fingerprint density at radius 3 is 2.67 bits per heavy atom. The normalized spacial score (nSPS) is 12.3. The Bertz CT molecular complexity index is 1020. The molecule has 0 unspecified atom stereocenters. The molecule has 0 aliphatic rings. The number of aromatic nitrogens is 2. The minimum absolute atomic E-state index is 0.0703. The van der Waals surface area contributed by atoms with Crippen LogP contribution in [0.5, 0.6) is 0 Å². The molecule has 142 valence electrons. The number of halogens is 2. The van der Waals surface area contributed by atoms with E-state index in [1.807, 2.05) is 6.92 Å². The molecule has 0 aliphatic heterocycles. The first-order valence-electron chi connectivity index (χ1n) is 8.08. The Morgan fingerprint density at radius 1 is 1.33 bits per heavy atom. The number of fused-ring (bicyclic) bond motifs is 1. The third kappa shape index (κ3) is 3.79. The molecule has 1 atom stereocenters. The maximum Gasteiger partial charge on any atom is 0.260 e. The number of nitrogens with one attached hydrogen (secondary N) is 1. The monoisotopic (exact) mass is 425 g/mol. The van der Waals surface area contributed by atoms with E-state index < -0.39 is 5.91 Å². The number of aliphatic hydroxyl groups is 1. The molecule has 1 amide bonds. The Kier molecular flexibility index (Phi) is 5.71. The van der Waals surface area contributed by atoms with Gasteiger partial charge in [-0.25, -0.2) is 9.97 Å². The van der Waals surface area contributed by atoms with Crippen molar-refractivity contribution in [2.75, 3.05) is 17.7 Å². The third-order valence-corrected chi connectivity index (χ3v) is 5.90. The number of amides is 1. The second kappa shape index (κ2) is 7.85. The minimum atomic E-state index is -0.633. The van der Waals surface area contributed by atoms with Gasteiger partial charge in [0.05, 0.1) is 39.5 Å². The smallest absolute Gasteiger partial charge is 0.260 e. The van der Waals surface area contributed by atoms with Crippen LogP contribution in [0, 0.1) is 0 Å². The second-order valence-electron chi connectivity index (χ2n) is 5.85. The second-order valence-corrected chi connectivity index (χ2v) is 7.66. The van der Waals surface area contributed by atoms with E-state index in [1.54, 1.807) is 18.2 Å². The number of hydrogen-bond donors (Lipinski definition) is 4. The van der Waals surface area contributed by atoms with Crippen LogP contribution in [0.25, 0.3) is 21.5 Å². The molecular weight excluding hydrogens is 409 g/mol. The number of primary amides is 1. The first-order valence-corrected chi connectivity index (χ1v) is 9.65. The summed E-state index contributed by atoms with van der Waals surface area (Å²) in [5.74, 6) is -0.325. The summed E-state index contributed by atoms with van der Waals surface area (Å²) >= 11 is 13.3. The largest absolute Gasteiger partial charge is 0.397 e. The number of aliphatic hydroxyl groups excluding tert-OH is 1. The number of hydrogen-bond acceptors (Lipinski definition) is 7. The van der Waals surface area contributed by atoms with Gasteiger partial charge in [-0.3, -0.25) is 4.79 Å². The molecule has 0 fully saturated rings. The van der Waals surface area contributed by atoms with Gasteiger partial charge in [0.25, 0.3) is 5.91 Å². The van der Waals surface area contributed by atoms with E-state index in [2.05, 4.69) is 15.3 Å². The van der Waals surface area contributed by atoms with Gasteiger partial charge in [0, 0.05) is 5.56 Å². The van der Waals surface area contributed by atoms with Crippen LogP contribution in [0.3, 0.4) is 0 Å². The SMILES string of the molecule is CC[C@H](CO)Nc1nc(-c2ccc(Cl)c(Cl)c2)c2c(N)c(C(N)=O)sc2n1. The summed E-state index contributed by atoms with van der Waals surface area (Å²) in [5, 5.41) is 13.8. The summed E-state index contributed by atoms with van der Waals surface area (Å²) in [6, 6.07) is 4.86. The number of benzene rings is 1. The van der Waals surface area contributed by atoms with Crippen molar-refractivity contribution in [1.82, 2.24) is 9.97 Å². The van der Waals surface area contributed by atoms with Gasteiger partial charge in [-0.15, -0.1) is 11.3 Å². The highest BCUT2D eigenvalue weighted by Crippen LogP contribution is 2.40. The fourth-order valence-corrected chi connectivity index (χ4v) is 3.83. The molecule has 0 spiro atoms. The maximum atomic E-state index is 11.7. The number of thiophene rings is 1. The first-order chi connectivity index (χ1) is 12.8. The lowest BCUT2D eigenvalue weighted by Crippen LogP contribution is -2.24. The molecule has 0 radical (unpaired) electrons. The molecule has 0 saturated carbocycles. The zero-order valence-electron chi connectivity index (χ0n) is 14.3. The summed E-state index contributed by atoms with van der Waals surface area (Å²) in [6.45, 7) is 1.86. The highest BCUT2D eigenvalue weighted by atomic mass is 35.5. The average molecular weight is 426 g/mol. The van der Waals surface area contributed by atoms with Gasteiger partial charge in [-0.05, 0) is 18.6 Å². The summed E-state index contributed by atoms with van der Waals surface area (Å²) in [6.07, 6.45) is 0.680. The molecule has 0 bridgehead atoms. The lowest BCUT2D eigenvalue weighted by atomic mass is 10.1. The molecule has 2 heterocycles. The van der Waals surface area contributed by atoms with Gasteiger partial charge in [0.1, 0.15) is 9.71 Å². The van der Waals surface area contributed by atoms with Gasteiger partial charge >= 0.3 is 0 Å². The van der Waals surface area contributed by atoms with Crippen LogP contribution in [0.4, 0.5) is 11.6 Å². The average Bonchev–Trinajstić information content (AvgIpc) is 2.98. The molecule has 0 aliphatic carbocycles. The number of nitrogen functional groups attached to an aromatic ring is 1. The molecular formula is C17H17Cl2N5O2S. The van der Waals surface area contributed by atoms with E-state index in [9.17, 15) is 9.90 Å². The zero-order valence-corrected chi connectivity index (χ0v) is 16.6. The van der Waals surface area contributed by atoms with Gasteiger partial charge in [0.15, 0.2) is 0 Å². The van der Waals surface area contributed by atoms with Crippen LogP contribution in [-0.4, -0.2) is 33.6 Å². The van der Waals surface area contributed by atoms with Crippen molar-refractivity contribution in [1.29, 1.82) is 0 Å². The predicted octanol–water partition coefficient (Wildman–Crippen LogP) is 3.53. The van der Waals surface area contributed by atoms with E-state index in [0.717, 1.165) is 11.3 Å². The van der Waals surface area contributed by atoms with Crippen LogP contribution in [0.1, 0.15) is 23.0 Å². The van der Waals surface area contributed by atoms with E-state index in [-0.39, 0.29) is 23.2 Å². The summed E-state index contributed by atoms with van der Waals surface area (Å²) in [4.78, 5) is 21.4. The number of nitrogens with zero attached hydrogens (tertiary/aromatic N) is 2. The van der Waals surface area contributed by atoms with Crippen LogP contribution >= 0.6 is 34.5 Å². The molecule has 3 rings (SSSR count). The summed E-state index contributed by atoms with van der Waals surface area (Å²) < 4.78 is 0. The molecule has 10 heteroatoms. The number of rotatable bonds is 6. The molecule has 1 aromatic carbocycles. The lowest BCUT2D eigenvalue weighted by Gasteiger charge is -2.15. The van der Waals surface area contributed by atoms with Crippen molar-refractivity contribution in [2.45, 2.75) is 19.4 Å². The number of nitrogens with two attached hydrogens (primary N) is 2. The number of carbonyl (C=O) groups is 1. The predicted molar refractivity (Wildman–Crippen MR) is 111 cm³/mol. The van der Waals surface area contributed by atoms with Crippen LogP contribution in [0.2, 0.25) is 10.0 Å². The minimum Gasteiger partial charge on any atom is -0.397 e. The molecule has 6 N–H and O–H groups in total. The topological polar surface area (TPSA) is 127 Å². The van der Waals surface area contributed by atoms with Crippen molar-refractivity contribution >= 4 is 62.3 Å². The van der Waals surface area contributed by atoms with Crippen LogP contribution in [-0.2, 0) is 0 Å². The van der Waals surface area contributed by atoms with Gasteiger partial charge in [0.2, 0.25) is 5.95 Å². The quantitative estimate of drug-likeness (QED) is 0.478. The van der Waals surface area contributed by atoms with Gasteiger partial charge in [-0.2, -0.15) is 0 Å². The Hall–Kier alpha value is -2.13. The lowest BCUT2D eigenvalue weighted by molar-refractivity contribution is 0.100. The maximum absolute atomic E-state index is 11.7. The standard InChI is InChI=1S/C17H17Cl2N5O2S/c1-2-8(6-25)22-17-23-13(7-3-4-9(18)10(19)5-7)11-12(20)14(15(21)26)27-16(11)24-17/h3-5,8,25H,2,6,20H2,1H3,(H2,21,26)(H,22,23,24)/t8-/m1/s1. The van der Waals surface area contributed by atoms with E-state index >= 15 is 0 Å². The number of carbonyl (C=O) groups excluding carboxylic acids is 1. The van der Waals surface area contributed by atoms with Crippen molar-refractivity contribution in [2.24, 2.45) is 5.73 Å². The van der Waals surface area contributed by atoms with Crippen molar-refractivity contribution in [3.05, 3.63) is 33.1 Å². The zero-order chi connectivity index (χ0) is 19.7. The van der Waals surface area contributed by atoms with Crippen molar-refractivity contribution in [3.8, 4) is 11.3 Å². The highest BCUT2D eigenvalue weighted by Gasteiger charge is 2.22. The van der Waals surface area contributed by atoms with Crippen LogP contribution in [0.15, 0.2) is 18.2 Å². The Balaban J connectivity index is 2.26. The summed E-state index contributed by atoms with van der Waals surface area (Å²) in [5.41, 5.74) is 13.0. The van der Waals surface area contributed by atoms with E-state index in [0.29, 0.717) is 43.9 Å². The van der Waals surface area contributed by atoms with Gasteiger partial charge in [-0.1, -0.05) is 36.2 Å². The van der Waals surface area contributed by atoms with Crippen LogP contribution < -0.4 is 16.8 Å². The van der Waals surface area contributed by atoms with Gasteiger partial charge < -0.3 is 21.9 Å². The van der Waals surface area contributed by atoms with E-state index in [4.69, 9.17) is 34.7 Å². The third-order valence-electron chi connectivity index (χ3n) is 4.05. The van der Waals surface area contributed by atoms with Crippen molar-refractivity contribution in [3.63, 3.8) is 0 Å². The molecule has 27 heavy (non-hydrogen) atoms. The first kappa shape index (κ1) is 19.6. The Labute approximate surface area is 169 Å². The highest BCUT2D eigenvalue weighted by molar-refractivity contribution is 7.21. The molecule has 2 aromatic heterocycles. The van der Waals surface area contributed by atoms with Crippen molar-refractivity contribution < 1.29 is 9.90 Å². The fraction of sp³-hybridized carbons (Fsp3) is 0.235. The fourth-order valence-electron chi connectivity index (χ4n) is 2.58. The summed E-state index contributed by atoms with van der Waals surface area (Å²) in [7, 11) is 0. The molecule has 3 aromatic rings. The molecule has 0 saturated heterocycles. The number of anilines is 2.